The monoisotopic (exact) mass is 195 g/mol. The predicted octanol–water partition coefficient (Wildman–Crippen LogP) is 3.57. The molecule has 0 bridgehead atoms. The summed E-state index contributed by atoms with van der Waals surface area (Å²) in [4.78, 5) is 3.88. The van der Waals surface area contributed by atoms with Gasteiger partial charge in [-0.2, -0.15) is 0 Å². The van der Waals surface area contributed by atoms with E-state index in [1.54, 1.807) is 12.1 Å². The molecule has 0 atom stereocenters. The predicted molar refractivity (Wildman–Crippen MR) is 52.9 cm³/mol. The molecule has 0 radical (unpaired) electrons. The van der Waals surface area contributed by atoms with E-state index in [0.29, 0.717) is 0 Å². The van der Waals surface area contributed by atoms with Crippen molar-refractivity contribution in [3.05, 3.63) is 47.8 Å². The highest BCUT2D eigenvalue weighted by Gasteiger charge is 2.11. The van der Waals surface area contributed by atoms with Crippen LogP contribution in [0.2, 0.25) is 0 Å². The minimum atomic E-state index is -0.803. The summed E-state index contributed by atoms with van der Waals surface area (Å²) in [7, 11) is 0. The summed E-state index contributed by atoms with van der Waals surface area (Å²) in [6, 6.07) is 3.37. The molecule has 0 unspecified atom stereocenters. The van der Waals surface area contributed by atoms with Crippen molar-refractivity contribution < 1.29 is 8.78 Å². The van der Waals surface area contributed by atoms with Gasteiger partial charge >= 0.3 is 0 Å². The van der Waals surface area contributed by atoms with Crippen LogP contribution in [-0.2, 0) is 0 Å². The number of halogens is 2. The third-order valence-electron chi connectivity index (χ3n) is 1.79. The zero-order valence-corrected chi connectivity index (χ0v) is 8.14. The van der Waals surface area contributed by atoms with Gasteiger partial charge in [-0.1, -0.05) is 6.58 Å². The second-order valence-electron chi connectivity index (χ2n) is 3.03. The minimum absolute atomic E-state index is 0.159. The highest BCUT2D eigenvalue weighted by molar-refractivity contribution is 5.75. The first-order valence-electron chi connectivity index (χ1n) is 4.16. The molecule has 0 saturated carbocycles. The molecule has 0 saturated heterocycles. The van der Waals surface area contributed by atoms with Crippen LogP contribution < -0.4 is 0 Å². The van der Waals surface area contributed by atoms with E-state index in [1.807, 2.05) is 6.92 Å². The molecule has 1 aromatic rings. The van der Waals surface area contributed by atoms with Gasteiger partial charge in [0.15, 0.2) is 0 Å². The van der Waals surface area contributed by atoms with Crippen LogP contribution in [-0.4, -0.2) is 4.98 Å². The van der Waals surface area contributed by atoms with Gasteiger partial charge in [-0.3, -0.25) is 4.98 Å². The van der Waals surface area contributed by atoms with Crippen molar-refractivity contribution in [1.82, 2.24) is 4.98 Å². The van der Waals surface area contributed by atoms with Crippen molar-refractivity contribution in [3.8, 4) is 0 Å². The molecule has 0 aliphatic rings. The number of rotatable bonds is 2. The average Bonchev–Trinajstić information content (AvgIpc) is 2.02. The first-order chi connectivity index (χ1) is 6.52. The topological polar surface area (TPSA) is 12.9 Å². The summed E-state index contributed by atoms with van der Waals surface area (Å²) < 4.78 is 25.9. The van der Waals surface area contributed by atoms with Crippen molar-refractivity contribution in [2.75, 3.05) is 0 Å². The average molecular weight is 195 g/mol. The van der Waals surface area contributed by atoms with Gasteiger partial charge in [0.2, 0.25) is 0 Å². The molecule has 0 spiro atoms. The zero-order valence-electron chi connectivity index (χ0n) is 8.14. The van der Waals surface area contributed by atoms with Crippen molar-refractivity contribution in [1.29, 1.82) is 0 Å². The van der Waals surface area contributed by atoms with E-state index < -0.39 is 11.7 Å². The van der Waals surface area contributed by atoms with Gasteiger partial charge in [0.1, 0.15) is 11.7 Å². The molecule has 1 rings (SSSR count). The van der Waals surface area contributed by atoms with Crippen LogP contribution in [0.4, 0.5) is 8.78 Å². The Labute approximate surface area is 81.8 Å². The summed E-state index contributed by atoms with van der Waals surface area (Å²) in [6.45, 7) is 6.09. The van der Waals surface area contributed by atoms with Crippen molar-refractivity contribution >= 4 is 5.57 Å². The maximum atomic E-state index is 13.0. The summed E-state index contributed by atoms with van der Waals surface area (Å²) in [5.74, 6) is -1.42. The summed E-state index contributed by atoms with van der Waals surface area (Å²) in [6.07, 6.45) is 1.51. The number of hydrogen-bond donors (Lipinski definition) is 0. The van der Waals surface area contributed by atoms with Crippen LogP contribution in [0.1, 0.15) is 18.2 Å². The molecule has 0 aliphatic carbocycles. The zero-order chi connectivity index (χ0) is 10.7. The minimum Gasteiger partial charge on any atom is -0.256 e. The fourth-order valence-corrected chi connectivity index (χ4v) is 1.18. The molecule has 1 heterocycles. The van der Waals surface area contributed by atoms with Crippen LogP contribution in [0.25, 0.3) is 5.57 Å². The van der Waals surface area contributed by atoms with Gasteiger partial charge in [0, 0.05) is 6.20 Å². The first-order valence-corrected chi connectivity index (χ1v) is 4.16. The molecule has 3 heteroatoms. The lowest BCUT2D eigenvalue weighted by atomic mass is 10.1. The van der Waals surface area contributed by atoms with Crippen molar-refractivity contribution in [2.45, 2.75) is 13.8 Å². The molecular formula is C11H11F2N. The molecule has 1 aromatic heterocycles. The molecule has 0 aliphatic heterocycles. The smallest absolute Gasteiger partial charge is 0.128 e. The second kappa shape index (κ2) is 4.13. The van der Waals surface area contributed by atoms with E-state index in [2.05, 4.69) is 11.6 Å². The number of aromatic nitrogens is 1. The molecule has 0 amide bonds. The standard InChI is InChI=1S/C11H11F2N/c1-7-4-5-14-10(6-7)11(8(2)12)9(3)13/h4-6H,2H2,1,3H3/b11-9+. The van der Waals surface area contributed by atoms with Gasteiger partial charge in [0.05, 0.1) is 11.3 Å². The second-order valence-corrected chi connectivity index (χ2v) is 3.03. The SMILES string of the molecule is C=C(F)/C(=C(/C)F)c1cc(C)ccn1. The van der Waals surface area contributed by atoms with Gasteiger partial charge in [0.25, 0.3) is 0 Å². The van der Waals surface area contributed by atoms with Crippen LogP contribution in [0.3, 0.4) is 0 Å². The van der Waals surface area contributed by atoms with Gasteiger partial charge in [-0.25, -0.2) is 8.78 Å². The lowest BCUT2D eigenvalue weighted by Crippen LogP contribution is -1.91. The molecular weight excluding hydrogens is 184 g/mol. The fraction of sp³-hybridized carbons (Fsp3) is 0.182. The lowest BCUT2D eigenvalue weighted by molar-refractivity contribution is 0.624. The normalized spacial score (nSPS) is 12.3. The molecule has 74 valence electrons. The highest BCUT2D eigenvalue weighted by Crippen LogP contribution is 2.25. The third kappa shape index (κ3) is 2.25. The molecule has 0 N–H and O–H groups in total. The largest absolute Gasteiger partial charge is 0.256 e. The summed E-state index contributed by atoms with van der Waals surface area (Å²) in [5.41, 5.74) is 1.02. The summed E-state index contributed by atoms with van der Waals surface area (Å²) >= 11 is 0. The fourth-order valence-electron chi connectivity index (χ4n) is 1.18. The van der Waals surface area contributed by atoms with E-state index in [-0.39, 0.29) is 11.3 Å². The third-order valence-corrected chi connectivity index (χ3v) is 1.79. The molecule has 0 aromatic carbocycles. The van der Waals surface area contributed by atoms with Gasteiger partial charge in [-0.05, 0) is 31.5 Å². The van der Waals surface area contributed by atoms with E-state index in [9.17, 15) is 8.78 Å². The van der Waals surface area contributed by atoms with Crippen LogP contribution in [0.15, 0.2) is 36.6 Å². The molecule has 1 nitrogen and oxygen atoms in total. The number of hydrogen-bond acceptors (Lipinski definition) is 1. The first kappa shape index (κ1) is 10.6. The number of nitrogens with zero attached hydrogens (tertiary/aromatic N) is 1. The van der Waals surface area contributed by atoms with Crippen molar-refractivity contribution in [2.24, 2.45) is 0 Å². The van der Waals surface area contributed by atoms with E-state index in [0.717, 1.165) is 5.56 Å². The Morgan fingerprint density at radius 2 is 2.07 bits per heavy atom. The number of allylic oxidation sites excluding steroid dienone is 3. The molecule has 0 fully saturated rings. The van der Waals surface area contributed by atoms with E-state index in [1.165, 1.54) is 13.1 Å². The van der Waals surface area contributed by atoms with Gasteiger partial charge < -0.3 is 0 Å². The van der Waals surface area contributed by atoms with Crippen LogP contribution >= 0.6 is 0 Å². The van der Waals surface area contributed by atoms with Crippen LogP contribution in [0, 0.1) is 6.92 Å². The maximum absolute atomic E-state index is 13.0. The van der Waals surface area contributed by atoms with E-state index in [4.69, 9.17) is 0 Å². The van der Waals surface area contributed by atoms with Crippen LogP contribution in [0.5, 0.6) is 0 Å². The Bertz CT molecular complexity index is 390. The Morgan fingerprint density at radius 3 is 2.50 bits per heavy atom. The van der Waals surface area contributed by atoms with E-state index >= 15 is 0 Å². The Hall–Kier alpha value is -1.51. The Kier molecular flexibility index (Phi) is 3.12. The van der Waals surface area contributed by atoms with Gasteiger partial charge in [-0.15, -0.1) is 0 Å². The Balaban J connectivity index is 3.27. The maximum Gasteiger partial charge on any atom is 0.128 e. The molecule has 14 heavy (non-hydrogen) atoms. The Morgan fingerprint density at radius 1 is 1.43 bits per heavy atom. The number of pyridine rings is 1. The quantitative estimate of drug-likeness (QED) is 0.657. The number of aryl methyl sites for hydroxylation is 1. The lowest BCUT2D eigenvalue weighted by Gasteiger charge is -2.04. The highest BCUT2D eigenvalue weighted by atomic mass is 19.1. The van der Waals surface area contributed by atoms with Crippen molar-refractivity contribution in [3.63, 3.8) is 0 Å². The summed E-state index contributed by atoms with van der Waals surface area (Å²) in [5, 5.41) is 0.